The van der Waals surface area contributed by atoms with Crippen LogP contribution in [0.3, 0.4) is 0 Å². The van der Waals surface area contributed by atoms with Gasteiger partial charge in [-0.1, -0.05) is 30.3 Å². The lowest BCUT2D eigenvalue weighted by molar-refractivity contribution is 1.36. The summed E-state index contributed by atoms with van der Waals surface area (Å²) < 4.78 is 0. The predicted molar refractivity (Wildman–Crippen MR) is 114 cm³/mol. The van der Waals surface area contributed by atoms with Gasteiger partial charge in [-0.05, 0) is 11.6 Å². The van der Waals surface area contributed by atoms with Gasteiger partial charge in [0, 0.05) is 5.56 Å². The second-order valence-electron chi connectivity index (χ2n) is 5.62. The maximum absolute atomic E-state index is 7.65. The Hall–Kier alpha value is -4.48. The number of guanidine groups is 4. The second kappa shape index (κ2) is 8.27. The molecule has 0 aromatic heterocycles. The molecule has 0 unspecified atom stereocenters. The largest absolute Gasteiger partial charge is 0.370 e. The molecule has 2 aromatic rings. The molecule has 12 nitrogen and oxygen atoms in total. The van der Waals surface area contributed by atoms with Crippen LogP contribution in [0.4, 0.5) is 22.7 Å². The van der Waals surface area contributed by atoms with Gasteiger partial charge in [0.25, 0.3) is 0 Å². The average molecular weight is 382 g/mol. The summed E-state index contributed by atoms with van der Waals surface area (Å²) in [5.74, 6) is -1.52. The Morgan fingerprint density at radius 1 is 0.607 bits per heavy atom. The molecule has 2 aromatic carbocycles. The Bertz CT molecular complexity index is 934. The third-order valence-electron chi connectivity index (χ3n) is 3.46. The first-order valence-corrected chi connectivity index (χ1v) is 7.89. The van der Waals surface area contributed by atoms with Crippen LogP contribution in [0.5, 0.6) is 0 Å². The molecule has 0 aliphatic rings. The Morgan fingerprint density at radius 3 is 1.57 bits per heavy atom. The standard InChI is InChI=1S/C16H22N12/c17-13(18)25-9-6-8(7-4-2-1-3-5-7)10(26-14(19)20)12(28-16(23)24)11(9)27-15(21)22/h1-6H,(H4,17,18,25)(H4,19,20,26)(H4,21,22,27)(H4,23,24,28). The zero-order valence-corrected chi connectivity index (χ0v) is 14.8. The number of nitrogens with one attached hydrogen (secondary N) is 8. The van der Waals surface area contributed by atoms with E-state index in [9.17, 15) is 0 Å². The van der Waals surface area contributed by atoms with Crippen molar-refractivity contribution in [3.8, 4) is 11.1 Å². The number of benzene rings is 2. The van der Waals surface area contributed by atoms with Crippen LogP contribution < -0.4 is 44.2 Å². The van der Waals surface area contributed by atoms with Crippen molar-refractivity contribution in [3.05, 3.63) is 36.4 Å². The van der Waals surface area contributed by atoms with Crippen molar-refractivity contribution >= 4 is 46.6 Å². The van der Waals surface area contributed by atoms with E-state index in [1.165, 1.54) is 0 Å². The van der Waals surface area contributed by atoms with E-state index in [0.717, 1.165) is 5.56 Å². The highest BCUT2D eigenvalue weighted by Crippen LogP contribution is 2.44. The third-order valence-corrected chi connectivity index (χ3v) is 3.46. The van der Waals surface area contributed by atoms with Gasteiger partial charge in [0.15, 0.2) is 23.8 Å². The fourth-order valence-electron chi connectivity index (χ4n) is 2.56. The summed E-state index contributed by atoms with van der Waals surface area (Å²) in [6, 6.07) is 10.8. The Labute approximate surface area is 160 Å². The fourth-order valence-corrected chi connectivity index (χ4v) is 2.56. The molecule has 28 heavy (non-hydrogen) atoms. The fraction of sp³-hybridized carbons (Fsp3) is 0. The molecule has 0 saturated carbocycles. The highest BCUT2D eigenvalue weighted by Gasteiger charge is 2.21. The molecule has 146 valence electrons. The van der Waals surface area contributed by atoms with E-state index in [-0.39, 0.29) is 23.3 Å². The smallest absolute Gasteiger partial charge is 0.190 e. The van der Waals surface area contributed by atoms with Gasteiger partial charge in [-0.3, -0.25) is 21.6 Å². The molecule has 0 aliphatic carbocycles. The molecule has 0 aliphatic heterocycles. The molecular formula is C16H22N12. The predicted octanol–water partition coefficient (Wildman–Crippen LogP) is 0.575. The highest BCUT2D eigenvalue weighted by molar-refractivity contribution is 6.14. The Balaban J connectivity index is 2.89. The minimum absolute atomic E-state index is 0.182. The van der Waals surface area contributed by atoms with Gasteiger partial charge in [0.05, 0.1) is 22.7 Å². The molecule has 0 fully saturated rings. The van der Waals surface area contributed by atoms with Gasteiger partial charge in [-0.2, -0.15) is 0 Å². The molecular weight excluding hydrogens is 360 g/mol. The maximum atomic E-state index is 7.65. The van der Waals surface area contributed by atoms with Crippen LogP contribution >= 0.6 is 0 Å². The quantitative estimate of drug-likeness (QED) is 0.256. The molecule has 0 atom stereocenters. The minimum atomic E-state index is -0.405. The zero-order valence-electron chi connectivity index (χ0n) is 14.8. The van der Waals surface area contributed by atoms with E-state index in [4.69, 9.17) is 44.6 Å². The number of anilines is 4. The molecule has 12 heteroatoms. The van der Waals surface area contributed by atoms with E-state index < -0.39 is 11.9 Å². The van der Waals surface area contributed by atoms with Crippen LogP contribution in [-0.4, -0.2) is 23.8 Å². The zero-order chi connectivity index (χ0) is 20.8. The number of nitrogens with two attached hydrogens (primary N) is 4. The molecule has 0 radical (unpaired) electrons. The molecule has 0 heterocycles. The molecule has 16 N–H and O–H groups in total. The van der Waals surface area contributed by atoms with Gasteiger partial charge >= 0.3 is 0 Å². The van der Waals surface area contributed by atoms with E-state index in [0.29, 0.717) is 16.9 Å². The number of rotatable bonds is 5. The summed E-state index contributed by atoms with van der Waals surface area (Å²) >= 11 is 0. The van der Waals surface area contributed by atoms with Gasteiger partial charge in [0.1, 0.15) is 0 Å². The summed E-state index contributed by atoms with van der Waals surface area (Å²) in [4.78, 5) is 0. The van der Waals surface area contributed by atoms with Crippen LogP contribution in [0.2, 0.25) is 0 Å². The van der Waals surface area contributed by atoms with Crippen LogP contribution in [0.15, 0.2) is 36.4 Å². The van der Waals surface area contributed by atoms with Gasteiger partial charge in [-0.15, -0.1) is 0 Å². The first kappa shape index (κ1) is 19.8. The molecule has 2 rings (SSSR count). The van der Waals surface area contributed by atoms with Gasteiger partial charge in [-0.25, -0.2) is 0 Å². The summed E-state index contributed by atoms with van der Waals surface area (Å²) in [5.41, 5.74) is 24.3. The Kier molecular flexibility index (Phi) is 5.86. The Morgan fingerprint density at radius 2 is 1.07 bits per heavy atom. The van der Waals surface area contributed by atoms with Crippen molar-refractivity contribution in [2.75, 3.05) is 21.3 Å². The third kappa shape index (κ3) is 4.78. The summed E-state index contributed by atoms with van der Waals surface area (Å²) in [6.07, 6.45) is 0. The topological polar surface area (TPSA) is 248 Å². The van der Waals surface area contributed by atoms with Crippen LogP contribution in [-0.2, 0) is 0 Å². The minimum Gasteiger partial charge on any atom is -0.370 e. The van der Waals surface area contributed by atoms with Gasteiger partial charge < -0.3 is 44.2 Å². The van der Waals surface area contributed by atoms with E-state index in [1.54, 1.807) is 6.07 Å². The molecule has 0 bridgehead atoms. The molecule has 0 spiro atoms. The SMILES string of the molecule is N=C(N)Nc1cc(-c2ccccc2)c(NC(=N)N)c(NC(=N)N)c1NC(=N)N. The second-order valence-corrected chi connectivity index (χ2v) is 5.62. The average Bonchev–Trinajstić information content (AvgIpc) is 2.59. The lowest BCUT2D eigenvalue weighted by Gasteiger charge is -2.24. The number of hydrogen-bond acceptors (Lipinski definition) is 4. The first-order chi connectivity index (χ1) is 13.2. The highest BCUT2D eigenvalue weighted by atomic mass is 15.2. The van der Waals surface area contributed by atoms with Crippen molar-refractivity contribution in [1.82, 2.24) is 0 Å². The van der Waals surface area contributed by atoms with Gasteiger partial charge in [0.2, 0.25) is 0 Å². The van der Waals surface area contributed by atoms with Crippen LogP contribution in [0, 0.1) is 21.6 Å². The summed E-state index contributed by atoms with van der Waals surface area (Å²) in [6.45, 7) is 0. The van der Waals surface area contributed by atoms with Crippen molar-refractivity contribution < 1.29 is 0 Å². The van der Waals surface area contributed by atoms with E-state index in [1.807, 2.05) is 30.3 Å². The van der Waals surface area contributed by atoms with Crippen molar-refractivity contribution in [2.24, 2.45) is 22.9 Å². The van der Waals surface area contributed by atoms with Crippen molar-refractivity contribution in [3.63, 3.8) is 0 Å². The summed E-state index contributed by atoms with van der Waals surface area (Å²) in [5, 5.41) is 41.1. The van der Waals surface area contributed by atoms with E-state index in [2.05, 4.69) is 21.3 Å². The molecule has 0 saturated heterocycles. The first-order valence-electron chi connectivity index (χ1n) is 7.89. The lowest BCUT2D eigenvalue weighted by atomic mass is 9.99. The normalized spacial score (nSPS) is 9.86. The van der Waals surface area contributed by atoms with Crippen LogP contribution in [0.1, 0.15) is 0 Å². The van der Waals surface area contributed by atoms with Crippen LogP contribution in [0.25, 0.3) is 11.1 Å². The maximum Gasteiger partial charge on any atom is 0.190 e. The molecule has 0 amide bonds. The summed E-state index contributed by atoms with van der Waals surface area (Å²) in [7, 11) is 0. The number of hydrogen-bond donors (Lipinski definition) is 12. The lowest BCUT2D eigenvalue weighted by Crippen LogP contribution is -2.29. The monoisotopic (exact) mass is 382 g/mol. The van der Waals surface area contributed by atoms with Crippen molar-refractivity contribution in [1.29, 1.82) is 21.6 Å². The van der Waals surface area contributed by atoms with E-state index >= 15 is 0 Å². The van der Waals surface area contributed by atoms with Crippen molar-refractivity contribution in [2.45, 2.75) is 0 Å².